The van der Waals surface area contributed by atoms with Crippen molar-refractivity contribution in [1.29, 1.82) is 0 Å². The Balaban J connectivity index is 1.37. The molecule has 0 spiro atoms. The fourth-order valence-electron chi connectivity index (χ4n) is 4.21. The lowest BCUT2D eigenvalue weighted by atomic mass is 10.1. The van der Waals surface area contributed by atoms with Crippen LogP contribution < -0.4 is 10.6 Å². The van der Waals surface area contributed by atoms with Gasteiger partial charge < -0.3 is 15.5 Å². The van der Waals surface area contributed by atoms with E-state index < -0.39 is 0 Å². The Labute approximate surface area is 206 Å². The molecule has 0 saturated carbocycles. The third-order valence-corrected chi connectivity index (χ3v) is 7.04. The van der Waals surface area contributed by atoms with Gasteiger partial charge in [0.05, 0.1) is 0 Å². The van der Waals surface area contributed by atoms with E-state index in [1.54, 1.807) is 0 Å². The Hall–Kier alpha value is -1.47. The molecule has 7 heteroatoms. The number of amides is 1. The third-order valence-electron chi connectivity index (χ3n) is 6.24. The van der Waals surface area contributed by atoms with E-state index in [2.05, 4.69) is 44.8 Å². The van der Waals surface area contributed by atoms with Crippen molar-refractivity contribution in [2.45, 2.75) is 110 Å². The number of rotatable bonds is 20. The number of anilines is 2. The molecule has 1 fully saturated rings. The molecule has 0 radical (unpaired) electrons. The Kier molecular flexibility index (Phi) is 15.9. The minimum absolute atomic E-state index is 0.0485. The van der Waals surface area contributed by atoms with Crippen molar-refractivity contribution >= 4 is 27.5 Å². The van der Waals surface area contributed by atoms with Gasteiger partial charge in [-0.3, -0.25) is 4.79 Å². The highest BCUT2D eigenvalue weighted by Crippen LogP contribution is 2.20. The van der Waals surface area contributed by atoms with Gasteiger partial charge in [0.15, 0.2) is 0 Å². The lowest BCUT2D eigenvalue weighted by Gasteiger charge is -2.13. The molecule has 0 unspecified atom stereocenters. The fourth-order valence-corrected chi connectivity index (χ4v) is 4.90. The largest absolute Gasteiger partial charge is 0.359 e. The molecule has 2 heterocycles. The number of carbonyl (C=O) groups excluding carboxylic acids is 1. The van der Waals surface area contributed by atoms with Crippen LogP contribution in [0.5, 0.6) is 0 Å². The molecule has 0 aliphatic carbocycles. The molecular weight excluding hydrogens is 430 g/mol. The first-order valence-corrected chi connectivity index (χ1v) is 14.3. The number of nitrogens with one attached hydrogen (secondary N) is 2. The molecule has 1 aliphatic heterocycles. The zero-order chi connectivity index (χ0) is 23.4. The van der Waals surface area contributed by atoms with E-state index in [9.17, 15) is 4.79 Å². The molecule has 1 aliphatic rings. The summed E-state index contributed by atoms with van der Waals surface area (Å²) in [5.74, 6) is 0.0485. The fraction of sp³-hybridized carbons (Fsp3) is 0.808. The first-order valence-electron chi connectivity index (χ1n) is 13.5. The predicted molar refractivity (Wildman–Crippen MR) is 142 cm³/mol. The molecule has 1 saturated heterocycles. The average molecular weight is 478 g/mol. The number of aromatic nitrogens is 2. The monoisotopic (exact) mass is 477 g/mol. The van der Waals surface area contributed by atoms with Crippen molar-refractivity contribution < 1.29 is 4.79 Å². The van der Waals surface area contributed by atoms with E-state index in [-0.39, 0.29) is 5.91 Å². The second-order valence-electron chi connectivity index (χ2n) is 9.27. The van der Waals surface area contributed by atoms with E-state index in [1.165, 1.54) is 108 Å². The molecular formula is C26H47N5OS. The highest BCUT2D eigenvalue weighted by Gasteiger charge is 2.11. The van der Waals surface area contributed by atoms with Gasteiger partial charge >= 0.3 is 0 Å². The van der Waals surface area contributed by atoms with Crippen molar-refractivity contribution in [3.05, 3.63) is 12.2 Å². The van der Waals surface area contributed by atoms with E-state index in [0.29, 0.717) is 11.6 Å². The Morgan fingerprint density at radius 3 is 2.18 bits per heavy atom. The van der Waals surface area contributed by atoms with Crippen LogP contribution in [-0.4, -0.2) is 47.2 Å². The van der Waals surface area contributed by atoms with Crippen LogP contribution in [0.4, 0.5) is 10.3 Å². The first kappa shape index (κ1) is 27.8. The molecule has 188 valence electrons. The van der Waals surface area contributed by atoms with Crippen LogP contribution in [0.3, 0.4) is 0 Å². The number of hydrogen-bond donors (Lipinski definition) is 2. The molecule has 1 amide bonds. The van der Waals surface area contributed by atoms with Gasteiger partial charge in [-0.25, -0.2) is 0 Å². The summed E-state index contributed by atoms with van der Waals surface area (Å²) in [7, 11) is 0. The lowest BCUT2D eigenvalue weighted by Crippen LogP contribution is -2.25. The van der Waals surface area contributed by atoms with Gasteiger partial charge in [-0.15, -0.1) is 10.2 Å². The average Bonchev–Trinajstić information content (AvgIpc) is 3.49. The van der Waals surface area contributed by atoms with E-state index in [1.807, 2.05) is 0 Å². The quantitative estimate of drug-likeness (QED) is 0.156. The summed E-state index contributed by atoms with van der Waals surface area (Å²) >= 11 is 1.42. The van der Waals surface area contributed by atoms with Crippen molar-refractivity contribution in [3.8, 4) is 0 Å². The maximum Gasteiger partial charge on any atom is 0.226 e. The third kappa shape index (κ3) is 14.4. The van der Waals surface area contributed by atoms with Crippen LogP contribution in [0.1, 0.15) is 110 Å². The first-order chi connectivity index (χ1) is 16.3. The minimum Gasteiger partial charge on any atom is -0.359 e. The summed E-state index contributed by atoms with van der Waals surface area (Å²) < 4.78 is 0. The smallest absolute Gasteiger partial charge is 0.226 e. The van der Waals surface area contributed by atoms with Gasteiger partial charge in [-0.1, -0.05) is 81.8 Å². The highest BCUT2D eigenvalue weighted by atomic mass is 32.1. The SMILES string of the molecule is CCCCCCCCC=CCCCCCCCC(=O)Nc1nnc(NCCN2CCCC2)s1. The molecule has 2 rings (SSSR count). The zero-order valence-corrected chi connectivity index (χ0v) is 21.8. The van der Waals surface area contributed by atoms with Crippen LogP contribution in [0.15, 0.2) is 12.2 Å². The summed E-state index contributed by atoms with van der Waals surface area (Å²) in [6.45, 7) is 6.59. The number of hydrogen-bond acceptors (Lipinski definition) is 6. The maximum absolute atomic E-state index is 12.1. The Morgan fingerprint density at radius 1 is 0.879 bits per heavy atom. The summed E-state index contributed by atoms with van der Waals surface area (Å²) in [6, 6.07) is 0. The van der Waals surface area contributed by atoms with Gasteiger partial charge in [0.25, 0.3) is 0 Å². The van der Waals surface area contributed by atoms with E-state index >= 15 is 0 Å². The van der Waals surface area contributed by atoms with Crippen molar-refractivity contribution in [2.75, 3.05) is 36.8 Å². The number of allylic oxidation sites excluding steroid dienone is 2. The number of likely N-dealkylation sites (tertiary alicyclic amines) is 1. The topological polar surface area (TPSA) is 70.1 Å². The summed E-state index contributed by atoms with van der Waals surface area (Å²) in [5, 5.41) is 15.8. The van der Waals surface area contributed by atoms with E-state index in [0.717, 1.165) is 31.1 Å². The van der Waals surface area contributed by atoms with Crippen LogP contribution in [0, 0.1) is 0 Å². The van der Waals surface area contributed by atoms with Gasteiger partial charge in [-0.05, 0) is 58.0 Å². The summed E-state index contributed by atoms with van der Waals surface area (Å²) in [6.07, 6.45) is 24.4. The van der Waals surface area contributed by atoms with Crippen LogP contribution in [0.25, 0.3) is 0 Å². The second-order valence-corrected chi connectivity index (χ2v) is 10.2. The zero-order valence-electron chi connectivity index (χ0n) is 21.0. The number of nitrogens with zero attached hydrogens (tertiary/aromatic N) is 3. The van der Waals surface area contributed by atoms with Gasteiger partial charge in [0.2, 0.25) is 16.2 Å². The van der Waals surface area contributed by atoms with Crippen LogP contribution in [0.2, 0.25) is 0 Å². The Morgan fingerprint density at radius 2 is 1.48 bits per heavy atom. The predicted octanol–water partition coefficient (Wildman–Crippen LogP) is 7.02. The molecule has 6 nitrogen and oxygen atoms in total. The van der Waals surface area contributed by atoms with Gasteiger partial charge in [0, 0.05) is 19.5 Å². The van der Waals surface area contributed by atoms with Crippen LogP contribution >= 0.6 is 11.3 Å². The standard InChI is InChI=1S/C26H47N5OS/c1-2-3-4-5-6-7-8-9-10-11-12-13-14-15-16-19-24(32)28-26-30-29-25(33-26)27-20-23-31-21-17-18-22-31/h9-10H,2-8,11-23H2,1H3,(H,27,29)(H,28,30,32). The van der Waals surface area contributed by atoms with Crippen molar-refractivity contribution in [3.63, 3.8) is 0 Å². The second kappa shape index (κ2) is 18.9. The highest BCUT2D eigenvalue weighted by molar-refractivity contribution is 7.19. The van der Waals surface area contributed by atoms with Crippen molar-refractivity contribution in [1.82, 2.24) is 15.1 Å². The molecule has 1 aromatic heterocycles. The normalized spacial score (nSPS) is 14.3. The van der Waals surface area contributed by atoms with Gasteiger partial charge in [-0.2, -0.15) is 0 Å². The molecule has 1 aromatic rings. The number of carbonyl (C=O) groups is 1. The Bertz CT molecular complexity index is 642. The number of unbranched alkanes of at least 4 members (excludes halogenated alkanes) is 11. The lowest BCUT2D eigenvalue weighted by molar-refractivity contribution is -0.116. The maximum atomic E-state index is 12.1. The molecule has 2 N–H and O–H groups in total. The van der Waals surface area contributed by atoms with Gasteiger partial charge in [0.1, 0.15) is 0 Å². The van der Waals surface area contributed by atoms with E-state index in [4.69, 9.17) is 0 Å². The van der Waals surface area contributed by atoms with Crippen molar-refractivity contribution in [2.24, 2.45) is 0 Å². The molecule has 0 aromatic carbocycles. The molecule has 33 heavy (non-hydrogen) atoms. The van der Waals surface area contributed by atoms with Crippen LogP contribution in [-0.2, 0) is 4.79 Å². The summed E-state index contributed by atoms with van der Waals surface area (Å²) in [4.78, 5) is 14.6. The molecule has 0 atom stereocenters. The minimum atomic E-state index is 0.0485. The molecule has 0 bridgehead atoms. The summed E-state index contributed by atoms with van der Waals surface area (Å²) in [5.41, 5.74) is 0.